The number of nitrogens with one attached hydrogen (secondary N) is 1. The highest BCUT2D eigenvalue weighted by Gasteiger charge is 2.15. The van der Waals surface area contributed by atoms with Gasteiger partial charge in [0, 0.05) is 18.3 Å². The molecule has 0 fully saturated rings. The number of nitrogens with zero attached hydrogens (tertiary/aromatic N) is 2. The van der Waals surface area contributed by atoms with Crippen molar-refractivity contribution in [2.75, 3.05) is 7.05 Å². The second-order valence-electron chi connectivity index (χ2n) is 4.02. The molecule has 1 heterocycles. The summed E-state index contributed by atoms with van der Waals surface area (Å²) in [5.74, 6) is -1.67. The summed E-state index contributed by atoms with van der Waals surface area (Å²) < 4.78 is 27.9. The van der Waals surface area contributed by atoms with E-state index in [0.29, 0.717) is 5.56 Å². The molecular formula is C13H15F2N3. The van der Waals surface area contributed by atoms with Gasteiger partial charge in [-0.05, 0) is 31.7 Å². The number of benzene rings is 1. The molecule has 1 aromatic heterocycles. The fourth-order valence-corrected chi connectivity index (χ4v) is 1.92. The van der Waals surface area contributed by atoms with Gasteiger partial charge in [0.25, 0.3) is 0 Å². The average molecular weight is 251 g/mol. The summed E-state index contributed by atoms with van der Waals surface area (Å²) in [4.78, 5) is 0. The second kappa shape index (κ2) is 5.27. The molecule has 2 aromatic rings. The van der Waals surface area contributed by atoms with E-state index >= 15 is 0 Å². The molecule has 0 aliphatic rings. The van der Waals surface area contributed by atoms with Crippen LogP contribution in [0.3, 0.4) is 0 Å². The summed E-state index contributed by atoms with van der Waals surface area (Å²) >= 11 is 0. The van der Waals surface area contributed by atoms with Crippen LogP contribution in [0.5, 0.6) is 0 Å². The Hall–Kier alpha value is -1.75. The van der Waals surface area contributed by atoms with Crippen LogP contribution in [0, 0.1) is 11.6 Å². The van der Waals surface area contributed by atoms with Crippen molar-refractivity contribution in [2.45, 2.75) is 19.5 Å². The first kappa shape index (κ1) is 12.7. The molecule has 3 nitrogen and oxygen atoms in total. The maximum atomic E-state index is 13.2. The summed E-state index contributed by atoms with van der Waals surface area (Å²) in [6, 6.07) is 3.72. The van der Waals surface area contributed by atoms with Gasteiger partial charge in [-0.25, -0.2) is 8.78 Å². The Morgan fingerprint density at radius 3 is 2.61 bits per heavy atom. The van der Waals surface area contributed by atoms with Gasteiger partial charge in [-0.2, -0.15) is 5.10 Å². The van der Waals surface area contributed by atoms with Crippen LogP contribution in [0.15, 0.2) is 30.6 Å². The summed E-state index contributed by atoms with van der Waals surface area (Å²) in [5.41, 5.74) is 1.59. The molecule has 0 saturated heterocycles. The Morgan fingerprint density at radius 1 is 1.28 bits per heavy atom. The van der Waals surface area contributed by atoms with E-state index in [1.54, 1.807) is 24.0 Å². The van der Waals surface area contributed by atoms with Crippen molar-refractivity contribution in [3.05, 3.63) is 53.4 Å². The van der Waals surface area contributed by atoms with Gasteiger partial charge in [0.15, 0.2) is 11.6 Å². The Bertz CT molecular complexity index is 537. The molecule has 1 unspecified atom stereocenters. The van der Waals surface area contributed by atoms with Gasteiger partial charge in [0.2, 0.25) is 0 Å². The van der Waals surface area contributed by atoms with Crippen LogP contribution in [-0.4, -0.2) is 16.8 Å². The lowest BCUT2D eigenvalue weighted by atomic mass is 10.0. The summed E-state index contributed by atoms with van der Waals surface area (Å²) in [6.07, 6.45) is 3.62. The number of aryl methyl sites for hydroxylation is 1. The van der Waals surface area contributed by atoms with E-state index < -0.39 is 11.6 Å². The van der Waals surface area contributed by atoms with Crippen LogP contribution < -0.4 is 5.32 Å². The fourth-order valence-electron chi connectivity index (χ4n) is 1.92. The molecule has 0 amide bonds. The minimum atomic E-state index is -0.837. The molecule has 0 bridgehead atoms. The first-order valence-corrected chi connectivity index (χ1v) is 5.80. The van der Waals surface area contributed by atoms with Gasteiger partial charge in [-0.1, -0.05) is 6.07 Å². The van der Waals surface area contributed by atoms with E-state index in [9.17, 15) is 8.78 Å². The van der Waals surface area contributed by atoms with Gasteiger partial charge < -0.3 is 5.32 Å². The molecule has 0 aliphatic heterocycles. The molecule has 0 saturated carbocycles. The molecule has 0 radical (unpaired) electrons. The third-order valence-electron chi connectivity index (χ3n) is 2.88. The van der Waals surface area contributed by atoms with Crippen molar-refractivity contribution in [1.29, 1.82) is 0 Å². The Kier molecular flexibility index (Phi) is 3.72. The third kappa shape index (κ3) is 2.41. The maximum absolute atomic E-state index is 13.2. The zero-order valence-corrected chi connectivity index (χ0v) is 10.3. The lowest BCUT2D eigenvalue weighted by Crippen LogP contribution is -2.17. The van der Waals surface area contributed by atoms with Crippen LogP contribution in [0.4, 0.5) is 8.78 Å². The summed E-state index contributed by atoms with van der Waals surface area (Å²) in [7, 11) is 1.77. The molecule has 18 heavy (non-hydrogen) atoms. The van der Waals surface area contributed by atoms with Gasteiger partial charge >= 0.3 is 0 Å². The normalized spacial score (nSPS) is 12.7. The molecule has 96 valence electrons. The van der Waals surface area contributed by atoms with Crippen molar-refractivity contribution < 1.29 is 8.78 Å². The van der Waals surface area contributed by atoms with E-state index in [4.69, 9.17) is 0 Å². The Balaban J connectivity index is 2.35. The molecule has 0 aliphatic carbocycles. The number of halogens is 2. The second-order valence-corrected chi connectivity index (χ2v) is 4.02. The smallest absolute Gasteiger partial charge is 0.159 e. The van der Waals surface area contributed by atoms with E-state index in [1.165, 1.54) is 6.07 Å². The van der Waals surface area contributed by atoms with Gasteiger partial charge in [-0.3, -0.25) is 4.68 Å². The standard InChI is InChI=1S/C13H15F2N3/c1-3-18-8-10(7-17-18)13(16-2)9-4-5-11(14)12(15)6-9/h4-8,13,16H,3H2,1-2H3. The number of hydrogen-bond donors (Lipinski definition) is 1. The van der Waals surface area contributed by atoms with Gasteiger partial charge in [0.1, 0.15) is 0 Å². The number of aromatic nitrogens is 2. The van der Waals surface area contributed by atoms with Crippen LogP contribution in [0.25, 0.3) is 0 Å². The van der Waals surface area contributed by atoms with Crippen molar-refractivity contribution in [3.8, 4) is 0 Å². The SMILES string of the molecule is CCn1cc(C(NC)c2ccc(F)c(F)c2)cn1. The predicted molar refractivity (Wildman–Crippen MR) is 65.2 cm³/mol. The van der Waals surface area contributed by atoms with Crippen molar-refractivity contribution in [2.24, 2.45) is 0 Å². The summed E-state index contributed by atoms with van der Waals surface area (Å²) in [5, 5.41) is 7.25. The van der Waals surface area contributed by atoms with E-state index in [-0.39, 0.29) is 6.04 Å². The van der Waals surface area contributed by atoms with Crippen molar-refractivity contribution >= 4 is 0 Å². The molecule has 1 N–H and O–H groups in total. The lowest BCUT2D eigenvalue weighted by Gasteiger charge is -2.15. The number of hydrogen-bond acceptors (Lipinski definition) is 2. The van der Waals surface area contributed by atoms with Crippen LogP contribution in [0.1, 0.15) is 24.1 Å². The minimum absolute atomic E-state index is 0.194. The molecule has 5 heteroatoms. The van der Waals surface area contributed by atoms with Crippen LogP contribution >= 0.6 is 0 Å². The van der Waals surface area contributed by atoms with Crippen LogP contribution in [0.2, 0.25) is 0 Å². The quantitative estimate of drug-likeness (QED) is 0.904. The average Bonchev–Trinajstić information content (AvgIpc) is 2.83. The monoisotopic (exact) mass is 251 g/mol. The Morgan fingerprint density at radius 2 is 2.06 bits per heavy atom. The van der Waals surface area contributed by atoms with E-state index in [1.807, 2.05) is 13.1 Å². The molecular weight excluding hydrogens is 236 g/mol. The minimum Gasteiger partial charge on any atom is -0.309 e. The topological polar surface area (TPSA) is 29.9 Å². The maximum Gasteiger partial charge on any atom is 0.159 e. The zero-order chi connectivity index (χ0) is 13.1. The molecule has 2 rings (SSSR count). The lowest BCUT2D eigenvalue weighted by molar-refractivity contribution is 0.505. The first-order valence-electron chi connectivity index (χ1n) is 5.80. The first-order chi connectivity index (χ1) is 8.65. The molecule has 0 spiro atoms. The van der Waals surface area contributed by atoms with Crippen molar-refractivity contribution in [1.82, 2.24) is 15.1 Å². The van der Waals surface area contributed by atoms with Crippen molar-refractivity contribution in [3.63, 3.8) is 0 Å². The van der Waals surface area contributed by atoms with E-state index in [0.717, 1.165) is 18.2 Å². The Labute approximate surface area is 104 Å². The molecule has 1 aromatic carbocycles. The summed E-state index contributed by atoms with van der Waals surface area (Å²) in [6.45, 7) is 2.76. The highest BCUT2D eigenvalue weighted by molar-refractivity contribution is 5.29. The third-order valence-corrected chi connectivity index (χ3v) is 2.88. The highest BCUT2D eigenvalue weighted by Crippen LogP contribution is 2.22. The zero-order valence-electron chi connectivity index (χ0n) is 10.3. The number of rotatable bonds is 4. The highest BCUT2D eigenvalue weighted by atomic mass is 19.2. The largest absolute Gasteiger partial charge is 0.309 e. The van der Waals surface area contributed by atoms with E-state index in [2.05, 4.69) is 10.4 Å². The van der Waals surface area contributed by atoms with Gasteiger partial charge in [-0.15, -0.1) is 0 Å². The van der Waals surface area contributed by atoms with Gasteiger partial charge in [0.05, 0.1) is 12.2 Å². The fraction of sp³-hybridized carbons (Fsp3) is 0.308. The predicted octanol–water partition coefficient (Wildman–Crippen LogP) is 2.49. The van der Waals surface area contributed by atoms with Crippen LogP contribution in [-0.2, 0) is 6.54 Å². The molecule has 1 atom stereocenters.